The smallest absolute Gasteiger partial charge is 0.193 e. The lowest BCUT2D eigenvalue weighted by molar-refractivity contribution is 1.43. The van der Waals surface area contributed by atoms with Crippen molar-refractivity contribution in [3.05, 3.63) is 0 Å². The molecule has 0 radical (unpaired) electrons. The summed E-state index contributed by atoms with van der Waals surface area (Å²) >= 11 is 6.56. The van der Waals surface area contributed by atoms with Crippen molar-refractivity contribution < 1.29 is 0 Å². The van der Waals surface area contributed by atoms with E-state index in [9.17, 15) is 0 Å². The number of nitrogens with two attached hydrogens (primary N) is 2. The van der Waals surface area contributed by atoms with Crippen molar-refractivity contribution in [2.24, 2.45) is 16.5 Å². The molecule has 0 heterocycles. The van der Waals surface area contributed by atoms with E-state index in [-0.39, 0.29) is 28.1 Å². The molecule has 0 fully saturated rings. The topological polar surface area (TPSA) is 88.2 Å². The van der Waals surface area contributed by atoms with E-state index in [0.717, 1.165) is 0 Å². The fraction of sp³-hybridized carbons (Fsp3) is 0.500. The standard InChI is InChI=1S/C4H9ClN4S.BrH/c5-1-2-10-4(8)9-3(6)7;/h1-2H2,(H5,6,7,8,9);1H. The van der Waals surface area contributed by atoms with Gasteiger partial charge in [0, 0.05) is 11.6 Å². The van der Waals surface area contributed by atoms with Gasteiger partial charge in [-0.1, -0.05) is 11.8 Å². The molecule has 0 aliphatic carbocycles. The van der Waals surface area contributed by atoms with Crippen LogP contribution in [0.4, 0.5) is 0 Å². The van der Waals surface area contributed by atoms with Crippen LogP contribution in [0.1, 0.15) is 0 Å². The first kappa shape index (κ1) is 13.6. The zero-order valence-electron chi connectivity index (χ0n) is 5.71. The van der Waals surface area contributed by atoms with E-state index >= 15 is 0 Å². The van der Waals surface area contributed by atoms with E-state index in [1.165, 1.54) is 11.8 Å². The molecule has 0 unspecified atom stereocenters. The summed E-state index contributed by atoms with van der Waals surface area (Å²) in [6.07, 6.45) is 0. The van der Waals surface area contributed by atoms with E-state index in [4.69, 9.17) is 28.5 Å². The van der Waals surface area contributed by atoms with Crippen LogP contribution in [-0.4, -0.2) is 22.8 Å². The molecule has 0 bridgehead atoms. The van der Waals surface area contributed by atoms with Crippen LogP contribution >= 0.6 is 40.3 Å². The fourth-order valence-electron chi connectivity index (χ4n) is 0.285. The maximum atomic E-state index is 7.08. The summed E-state index contributed by atoms with van der Waals surface area (Å²) in [7, 11) is 0. The van der Waals surface area contributed by atoms with Gasteiger partial charge in [-0.15, -0.1) is 28.6 Å². The van der Waals surface area contributed by atoms with Gasteiger partial charge in [-0.3, -0.25) is 5.41 Å². The predicted octanol–water partition coefficient (Wildman–Crippen LogP) is 0.744. The Morgan fingerprint density at radius 3 is 2.45 bits per heavy atom. The Balaban J connectivity index is 0. The van der Waals surface area contributed by atoms with Crippen LogP contribution in [-0.2, 0) is 0 Å². The Bertz CT molecular complexity index is 147. The number of rotatable bonds is 2. The van der Waals surface area contributed by atoms with Crippen molar-refractivity contribution in [1.82, 2.24) is 0 Å². The molecule has 0 amide bonds. The first-order valence-electron chi connectivity index (χ1n) is 2.53. The highest BCUT2D eigenvalue weighted by Crippen LogP contribution is 2.02. The molecule has 0 aliphatic heterocycles. The second-order valence-corrected chi connectivity index (χ2v) is 2.84. The molecule has 0 atom stereocenters. The third-order valence-electron chi connectivity index (χ3n) is 0.547. The number of hydrogen-bond donors (Lipinski definition) is 3. The number of hydrogen-bond acceptors (Lipinski definition) is 2. The molecule has 0 aromatic carbocycles. The normalized spacial score (nSPS) is 8.09. The molecule has 0 aromatic heterocycles. The van der Waals surface area contributed by atoms with Gasteiger partial charge < -0.3 is 11.5 Å². The van der Waals surface area contributed by atoms with Crippen molar-refractivity contribution in [2.75, 3.05) is 11.6 Å². The van der Waals surface area contributed by atoms with Gasteiger partial charge in [-0.2, -0.15) is 4.99 Å². The third kappa shape index (κ3) is 10.1. The monoisotopic (exact) mass is 260 g/mol. The van der Waals surface area contributed by atoms with Crippen LogP contribution in [0.3, 0.4) is 0 Å². The fourth-order valence-corrected chi connectivity index (χ4v) is 0.957. The van der Waals surface area contributed by atoms with Crippen LogP contribution < -0.4 is 11.5 Å². The van der Waals surface area contributed by atoms with E-state index < -0.39 is 0 Å². The summed E-state index contributed by atoms with van der Waals surface area (Å²) in [4.78, 5) is 3.47. The summed E-state index contributed by atoms with van der Waals surface area (Å²) in [5.74, 6) is 1.05. The van der Waals surface area contributed by atoms with Crippen molar-refractivity contribution in [3.8, 4) is 0 Å². The summed E-state index contributed by atoms with van der Waals surface area (Å²) in [5, 5.41) is 7.18. The number of thioether (sulfide) groups is 1. The Morgan fingerprint density at radius 1 is 1.55 bits per heavy atom. The molecule has 0 rings (SSSR count). The van der Waals surface area contributed by atoms with E-state index in [0.29, 0.717) is 11.6 Å². The molecule has 5 N–H and O–H groups in total. The van der Waals surface area contributed by atoms with Crippen molar-refractivity contribution in [2.45, 2.75) is 0 Å². The highest BCUT2D eigenvalue weighted by atomic mass is 79.9. The summed E-state index contributed by atoms with van der Waals surface area (Å²) in [5.41, 5.74) is 10.0. The molecule has 0 saturated carbocycles. The number of alkyl halides is 1. The Morgan fingerprint density at radius 2 is 2.09 bits per heavy atom. The Labute approximate surface area is 85.0 Å². The minimum Gasteiger partial charge on any atom is -0.370 e. The maximum Gasteiger partial charge on any atom is 0.193 e. The average Bonchev–Trinajstić information content (AvgIpc) is 1.82. The molecule has 66 valence electrons. The minimum atomic E-state index is -0.0907. The van der Waals surface area contributed by atoms with Gasteiger partial charge in [-0.05, 0) is 0 Å². The second kappa shape index (κ2) is 8.16. The van der Waals surface area contributed by atoms with Gasteiger partial charge in [0.05, 0.1) is 0 Å². The van der Waals surface area contributed by atoms with Gasteiger partial charge in [0.25, 0.3) is 0 Å². The zero-order chi connectivity index (χ0) is 7.98. The molecule has 7 heteroatoms. The number of halogens is 2. The number of amidine groups is 1. The van der Waals surface area contributed by atoms with Gasteiger partial charge in [0.15, 0.2) is 11.1 Å². The quantitative estimate of drug-likeness (QED) is 0.389. The lowest BCUT2D eigenvalue weighted by Crippen LogP contribution is -2.23. The number of guanidine groups is 1. The minimum absolute atomic E-state index is 0. The van der Waals surface area contributed by atoms with Crippen LogP contribution in [0.5, 0.6) is 0 Å². The van der Waals surface area contributed by atoms with Gasteiger partial charge in [0.2, 0.25) is 0 Å². The summed E-state index contributed by atoms with van der Waals surface area (Å²) in [6.45, 7) is 0. The number of nitrogens with zero attached hydrogens (tertiary/aromatic N) is 1. The number of nitrogens with one attached hydrogen (secondary N) is 1. The molecule has 0 aliphatic rings. The van der Waals surface area contributed by atoms with Gasteiger partial charge in [0.1, 0.15) is 0 Å². The number of aliphatic imine (C=N–C) groups is 1. The van der Waals surface area contributed by atoms with Crippen LogP contribution in [0, 0.1) is 5.41 Å². The predicted molar refractivity (Wildman–Crippen MR) is 57.0 cm³/mol. The Kier molecular flexibility index (Phi) is 10.1. The van der Waals surface area contributed by atoms with E-state index in [1.54, 1.807) is 0 Å². The SMILES string of the molecule is Br.N=C(N=C(N)N)SCCCl. The first-order chi connectivity index (χ1) is 4.66. The van der Waals surface area contributed by atoms with Crippen molar-refractivity contribution in [1.29, 1.82) is 5.41 Å². The van der Waals surface area contributed by atoms with Crippen molar-refractivity contribution >= 4 is 51.5 Å². The summed E-state index contributed by atoms with van der Waals surface area (Å²) in [6, 6.07) is 0. The zero-order valence-corrected chi connectivity index (χ0v) is 9.00. The van der Waals surface area contributed by atoms with E-state index in [1.807, 2.05) is 0 Å². The molecular weight excluding hydrogens is 251 g/mol. The van der Waals surface area contributed by atoms with Crippen LogP contribution in [0.15, 0.2) is 4.99 Å². The molecule has 0 aromatic rings. The molecule has 0 spiro atoms. The first-order valence-corrected chi connectivity index (χ1v) is 4.05. The molecule has 4 nitrogen and oxygen atoms in total. The van der Waals surface area contributed by atoms with Crippen LogP contribution in [0.2, 0.25) is 0 Å². The summed E-state index contributed by atoms with van der Waals surface area (Å²) < 4.78 is 0. The lowest BCUT2D eigenvalue weighted by atomic mass is 11.0. The molecule has 0 saturated heterocycles. The maximum absolute atomic E-state index is 7.08. The highest BCUT2D eigenvalue weighted by molar-refractivity contribution is 8.93. The molecular formula is C4H10BrClN4S. The highest BCUT2D eigenvalue weighted by Gasteiger charge is 1.93. The van der Waals surface area contributed by atoms with Gasteiger partial charge >= 0.3 is 0 Å². The molecule has 11 heavy (non-hydrogen) atoms. The lowest BCUT2D eigenvalue weighted by Gasteiger charge is -1.93. The van der Waals surface area contributed by atoms with Crippen molar-refractivity contribution in [3.63, 3.8) is 0 Å². The third-order valence-corrected chi connectivity index (χ3v) is 1.73. The second-order valence-electron chi connectivity index (χ2n) is 1.38. The average molecular weight is 262 g/mol. The van der Waals surface area contributed by atoms with E-state index in [2.05, 4.69) is 4.99 Å². The van der Waals surface area contributed by atoms with Gasteiger partial charge in [-0.25, -0.2) is 0 Å². The van der Waals surface area contributed by atoms with Crippen LogP contribution in [0.25, 0.3) is 0 Å². The largest absolute Gasteiger partial charge is 0.370 e. The Hall–Kier alpha value is 0.0600.